The maximum Gasteiger partial charge on any atom is 0.0589 e. The van der Waals surface area contributed by atoms with Crippen LogP contribution in [0.5, 0.6) is 0 Å². The predicted octanol–water partition coefficient (Wildman–Crippen LogP) is 3.88. The Kier molecular flexibility index (Phi) is 2.37. The zero-order chi connectivity index (χ0) is 9.42. The second kappa shape index (κ2) is 3.37. The van der Waals surface area contributed by atoms with E-state index in [0.717, 1.165) is 20.7 Å². The molecule has 0 saturated heterocycles. The molecule has 1 nitrogen and oxygen atoms in total. The van der Waals surface area contributed by atoms with Crippen molar-refractivity contribution in [2.24, 2.45) is 0 Å². The zero-order valence-corrected chi connectivity index (χ0v) is 9.01. The lowest BCUT2D eigenvalue weighted by molar-refractivity contribution is 1.54. The highest BCUT2D eigenvalue weighted by molar-refractivity contribution is 7.20. The molecule has 0 bridgehead atoms. The van der Waals surface area contributed by atoms with Crippen LogP contribution < -0.4 is 5.73 Å². The van der Waals surface area contributed by atoms with Crippen LogP contribution in [0.2, 0.25) is 5.02 Å². The van der Waals surface area contributed by atoms with E-state index in [4.69, 9.17) is 28.9 Å². The number of fused-ring (bicyclic) bond motifs is 1. The average Bonchev–Trinajstić information content (AvgIpc) is 2.44. The van der Waals surface area contributed by atoms with Crippen LogP contribution in [0.3, 0.4) is 0 Å². The Labute approximate surface area is 90.1 Å². The van der Waals surface area contributed by atoms with Gasteiger partial charge in [-0.2, -0.15) is 0 Å². The molecular weight excluding hydrogens is 225 g/mol. The Hall–Kier alpha value is -0.440. The minimum Gasteiger partial charge on any atom is -0.397 e. The normalized spacial score (nSPS) is 10.9. The number of anilines is 1. The lowest BCUT2D eigenvalue weighted by Crippen LogP contribution is -1.85. The molecule has 0 amide bonds. The monoisotopic (exact) mass is 231 g/mol. The van der Waals surface area contributed by atoms with Crippen LogP contribution in [0.25, 0.3) is 10.1 Å². The molecule has 0 spiro atoms. The van der Waals surface area contributed by atoms with E-state index in [1.807, 2.05) is 18.2 Å². The Balaban J connectivity index is 2.77. The molecule has 0 aliphatic carbocycles. The lowest BCUT2D eigenvalue weighted by Gasteiger charge is -1.93. The second-order valence-corrected chi connectivity index (χ2v) is 4.55. The summed E-state index contributed by atoms with van der Waals surface area (Å²) >= 11 is 13.2. The maximum atomic E-state index is 5.89. The number of alkyl halides is 1. The van der Waals surface area contributed by atoms with Gasteiger partial charge in [0.05, 0.1) is 11.6 Å². The van der Waals surface area contributed by atoms with Gasteiger partial charge in [0.2, 0.25) is 0 Å². The van der Waals surface area contributed by atoms with Gasteiger partial charge in [-0.3, -0.25) is 0 Å². The quantitative estimate of drug-likeness (QED) is 0.742. The average molecular weight is 232 g/mol. The lowest BCUT2D eigenvalue weighted by atomic mass is 10.2. The third-order valence-corrected chi connectivity index (χ3v) is 3.73. The van der Waals surface area contributed by atoms with Gasteiger partial charge in [-0.1, -0.05) is 11.6 Å². The van der Waals surface area contributed by atoms with Gasteiger partial charge in [0.25, 0.3) is 0 Å². The van der Waals surface area contributed by atoms with Crippen molar-refractivity contribution in [2.45, 2.75) is 5.88 Å². The minimum atomic E-state index is 0.461. The van der Waals surface area contributed by atoms with Gasteiger partial charge >= 0.3 is 0 Å². The van der Waals surface area contributed by atoms with E-state index in [2.05, 4.69) is 0 Å². The highest BCUT2D eigenvalue weighted by Gasteiger charge is 2.07. The maximum absolute atomic E-state index is 5.89. The zero-order valence-electron chi connectivity index (χ0n) is 6.68. The summed E-state index contributed by atoms with van der Waals surface area (Å²) in [7, 11) is 0. The molecular formula is C9H7Cl2NS. The number of nitrogen functional groups attached to an aromatic ring is 1. The van der Waals surface area contributed by atoms with Crippen LogP contribution >= 0.6 is 34.5 Å². The first-order valence-electron chi connectivity index (χ1n) is 3.74. The Morgan fingerprint density at radius 1 is 1.38 bits per heavy atom. The van der Waals surface area contributed by atoms with Crippen molar-refractivity contribution in [3.05, 3.63) is 28.1 Å². The van der Waals surface area contributed by atoms with Crippen molar-refractivity contribution in [3.63, 3.8) is 0 Å². The minimum absolute atomic E-state index is 0.461. The fourth-order valence-corrected chi connectivity index (χ4v) is 2.67. The molecule has 1 heterocycles. The van der Waals surface area contributed by atoms with E-state index >= 15 is 0 Å². The van der Waals surface area contributed by atoms with Gasteiger partial charge in [-0.15, -0.1) is 22.9 Å². The summed E-state index contributed by atoms with van der Waals surface area (Å²) < 4.78 is 1.14. The molecule has 0 radical (unpaired) electrons. The summed E-state index contributed by atoms with van der Waals surface area (Å²) in [5, 5.41) is 1.71. The van der Waals surface area contributed by atoms with Crippen LogP contribution in [-0.4, -0.2) is 0 Å². The molecule has 2 rings (SSSR count). The van der Waals surface area contributed by atoms with Crippen LogP contribution in [0.4, 0.5) is 5.69 Å². The number of hydrogen-bond donors (Lipinski definition) is 1. The fraction of sp³-hybridized carbons (Fsp3) is 0.111. The van der Waals surface area contributed by atoms with E-state index in [1.54, 1.807) is 11.3 Å². The molecule has 4 heteroatoms. The van der Waals surface area contributed by atoms with Crippen molar-refractivity contribution >= 4 is 50.3 Å². The molecule has 0 aliphatic rings. The topological polar surface area (TPSA) is 26.0 Å². The molecule has 1 aromatic carbocycles. The Bertz CT molecular complexity index is 450. The molecule has 0 fully saturated rings. The largest absolute Gasteiger partial charge is 0.397 e. The number of hydrogen-bond acceptors (Lipinski definition) is 2. The number of benzene rings is 1. The van der Waals surface area contributed by atoms with Crippen molar-refractivity contribution < 1.29 is 0 Å². The van der Waals surface area contributed by atoms with Gasteiger partial charge in [-0.05, 0) is 18.2 Å². The van der Waals surface area contributed by atoms with Crippen LogP contribution in [0, 0.1) is 0 Å². The first kappa shape index (κ1) is 9.13. The molecule has 13 heavy (non-hydrogen) atoms. The highest BCUT2D eigenvalue weighted by Crippen LogP contribution is 2.35. The smallest absolute Gasteiger partial charge is 0.0589 e. The first-order chi connectivity index (χ1) is 6.22. The molecule has 2 N–H and O–H groups in total. The van der Waals surface area contributed by atoms with E-state index < -0.39 is 0 Å². The summed E-state index contributed by atoms with van der Waals surface area (Å²) in [5.41, 5.74) is 6.65. The summed E-state index contributed by atoms with van der Waals surface area (Å²) in [6, 6.07) is 5.70. The van der Waals surface area contributed by atoms with E-state index in [9.17, 15) is 0 Å². The van der Waals surface area contributed by atoms with E-state index in [0.29, 0.717) is 10.9 Å². The fourth-order valence-electron chi connectivity index (χ4n) is 1.24. The standard InChI is InChI=1S/C9H7Cl2NS/c10-4-8-9(12)6-3-5(11)1-2-7(6)13-8/h1-3H,4,12H2. The molecule has 1 aromatic heterocycles. The van der Waals surface area contributed by atoms with Crippen LogP contribution in [0.15, 0.2) is 18.2 Å². The molecule has 68 valence electrons. The number of thiophene rings is 1. The van der Waals surface area contributed by atoms with Crippen molar-refractivity contribution in [2.75, 3.05) is 5.73 Å². The van der Waals surface area contributed by atoms with Crippen LogP contribution in [-0.2, 0) is 5.88 Å². The molecule has 0 aliphatic heterocycles. The highest BCUT2D eigenvalue weighted by atomic mass is 35.5. The Morgan fingerprint density at radius 3 is 2.85 bits per heavy atom. The summed E-state index contributed by atoms with van der Waals surface area (Å²) in [6.07, 6.45) is 0. The second-order valence-electron chi connectivity index (χ2n) is 2.71. The number of halogens is 2. The third-order valence-electron chi connectivity index (χ3n) is 1.89. The summed E-state index contributed by atoms with van der Waals surface area (Å²) in [5.74, 6) is 0.461. The van der Waals surface area contributed by atoms with Crippen molar-refractivity contribution in [3.8, 4) is 0 Å². The SMILES string of the molecule is Nc1c(CCl)sc2ccc(Cl)cc12. The van der Waals surface area contributed by atoms with Gasteiger partial charge in [-0.25, -0.2) is 0 Å². The van der Waals surface area contributed by atoms with Crippen molar-refractivity contribution in [1.29, 1.82) is 0 Å². The third kappa shape index (κ3) is 1.50. The molecule has 0 unspecified atom stereocenters. The summed E-state index contributed by atoms with van der Waals surface area (Å²) in [6.45, 7) is 0. The number of rotatable bonds is 1. The van der Waals surface area contributed by atoms with Crippen molar-refractivity contribution in [1.82, 2.24) is 0 Å². The van der Waals surface area contributed by atoms with Gasteiger partial charge in [0, 0.05) is 20.0 Å². The Morgan fingerprint density at radius 2 is 2.15 bits per heavy atom. The van der Waals surface area contributed by atoms with Gasteiger partial charge < -0.3 is 5.73 Å². The van der Waals surface area contributed by atoms with E-state index in [-0.39, 0.29) is 0 Å². The van der Waals surface area contributed by atoms with Gasteiger partial charge in [0.15, 0.2) is 0 Å². The molecule has 0 atom stereocenters. The predicted molar refractivity (Wildman–Crippen MR) is 60.8 cm³/mol. The van der Waals surface area contributed by atoms with E-state index in [1.165, 1.54) is 0 Å². The van der Waals surface area contributed by atoms with Gasteiger partial charge in [0.1, 0.15) is 0 Å². The first-order valence-corrected chi connectivity index (χ1v) is 5.47. The molecule has 0 saturated carbocycles. The molecule has 2 aromatic rings. The summed E-state index contributed by atoms with van der Waals surface area (Å²) in [4.78, 5) is 1.01. The van der Waals surface area contributed by atoms with Crippen LogP contribution in [0.1, 0.15) is 4.88 Å². The number of nitrogens with two attached hydrogens (primary N) is 1.